The van der Waals surface area contributed by atoms with Crippen molar-refractivity contribution >= 4 is 17.7 Å². The Morgan fingerprint density at radius 2 is 1.75 bits per heavy atom. The molecule has 1 aromatic rings. The lowest BCUT2D eigenvalue weighted by Gasteiger charge is -2.18. The van der Waals surface area contributed by atoms with Gasteiger partial charge >= 0.3 is 12.0 Å². The summed E-state index contributed by atoms with van der Waals surface area (Å²) in [7, 11) is 0. The first-order valence-corrected chi connectivity index (χ1v) is 6.62. The maximum atomic E-state index is 11.6. The molecule has 1 aromatic carbocycles. The van der Waals surface area contributed by atoms with Crippen LogP contribution in [-0.4, -0.2) is 23.7 Å². The highest BCUT2D eigenvalue weighted by Gasteiger charge is 2.10. The summed E-state index contributed by atoms with van der Waals surface area (Å²) in [4.78, 5) is 22.2. The Kier molecular flexibility index (Phi) is 5.55. The first-order valence-electron chi connectivity index (χ1n) is 6.62. The Hall–Kier alpha value is -2.04. The molecule has 5 nitrogen and oxygen atoms in total. The largest absolute Gasteiger partial charge is 0.481 e. The second-order valence-electron chi connectivity index (χ2n) is 5.96. The number of carboxylic acid groups (broad SMARTS) is 1. The Morgan fingerprint density at radius 3 is 2.25 bits per heavy atom. The Balaban J connectivity index is 2.40. The van der Waals surface area contributed by atoms with Gasteiger partial charge in [0.25, 0.3) is 0 Å². The summed E-state index contributed by atoms with van der Waals surface area (Å²) >= 11 is 0. The van der Waals surface area contributed by atoms with Gasteiger partial charge in [-0.2, -0.15) is 0 Å². The fourth-order valence-electron chi connectivity index (χ4n) is 1.61. The Bertz CT molecular complexity index is 461. The summed E-state index contributed by atoms with van der Waals surface area (Å²) < 4.78 is 0. The highest BCUT2D eigenvalue weighted by atomic mass is 16.4. The third-order valence-electron chi connectivity index (χ3n) is 2.73. The van der Waals surface area contributed by atoms with Crippen LogP contribution in [0, 0.1) is 5.41 Å². The Morgan fingerprint density at radius 1 is 1.15 bits per heavy atom. The van der Waals surface area contributed by atoms with Gasteiger partial charge in [0.1, 0.15) is 0 Å². The molecule has 0 radical (unpaired) electrons. The van der Waals surface area contributed by atoms with Crippen molar-refractivity contribution in [2.75, 3.05) is 11.9 Å². The molecular weight excluding hydrogens is 256 g/mol. The van der Waals surface area contributed by atoms with E-state index in [1.54, 1.807) is 24.3 Å². The number of hydrogen-bond acceptors (Lipinski definition) is 2. The van der Waals surface area contributed by atoms with Crippen molar-refractivity contribution in [3.8, 4) is 0 Å². The van der Waals surface area contributed by atoms with E-state index in [0.29, 0.717) is 17.8 Å². The third kappa shape index (κ3) is 6.78. The minimum Gasteiger partial charge on any atom is -0.481 e. The van der Waals surface area contributed by atoms with E-state index >= 15 is 0 Å². The minimum absolute atomic E-state index is 0.0158. The van der Waals surface area contributed by atoms with Gasteiger partial charge in [-0.1, -0.05) is 32.9 Å². The number of urea groups is 1. The van der Waals surface area contributed by atoms with Crippen molar-refractivity contribution in [2.45, 2.75) is 33.6 Å². The predicted molar refractivity (Wildman–Crippen MR) is 78.9 cm³/mol. The van der Waals surface area contributed by atoms with E-state index in [1.807, 2.05) is 0 Å². The fraction of sp³-hybridized carbons (Fsp3) is 0.467. The molecule has 2 amide bonds. The van der Waals surface area contributed by atoms with Crippen LogP contribution >= 0.6 is 0 Å². The van der Waals surface area contributed by atoms with Gasteiger partial charge in [0.05, 0.1) is 6.42 Å². The molecule has 0 saturated carbocycles. The van der Waals surface area contributed by atoms with Gasteiger partial charge in [0, 0.05) is 12.2 Å². The van der Waals surface area contributed by atoms with Gasteiger partial charge in [0.2, 0.25) is 0 Å². The average molecular weight is 278 g/mol. The Labute approximate surface area is 119 Å². The van der Waals surface area contributed by atoms with Crippen LogP contribution in [-0.2, 0) is 11.2 Å². The summed E-state index contributed by atoms with van der Waals surface area (Å²) in [6.07, 6.45) is 0.885. The van der Waals surface area contributed by atoms with Crippen LogP contribution in [0.4, 0.5) is 10.5 Å². The summed E-state index contributed by atoms with van der Waals surface area (Å²) in [5, 5.41) is 14.2. The molecule has 0 atom stereocenters. The zero-order chi connectivity index (χ0) is 15.2. The molecule has 110 valence electrons. The molecule has 20 heavy (non-hydrogen) atoms. The maximum absolute atomic E-state index is 11.6. The van der Waals surface area contributed by atoms with Crippen molar-refractivity contribution in [2.24, 2.45) is 5.41 Å². The van der Waals surface area contributed by atoms with Gasteiger partial charge in [-0.15, -0.1) is 0 Å². The molecule has 1 rings (SSSR count). The topological polar surface area (TPSA) is 78.4 Å². The van der Waals surface area contributed by atoms with Crippen molar-refractivity contribution < 1.29 is 14.7 Å². The van der Waals surface area contributed by atoms with Crippen LogP contribution in [0.15, 0.2) is 24.3 Å². The molecule has 0 saturated heterocycles. The normalized spacial score (nSPS) is 10.9. The fourth-order valence-corrected chi connectivity index (χ4v) is 1.61. The summed E-state index contributed by atoms with van der Waals surface area (Å²) in [5.74, 6) is -0.870. The van der Waals surface area contributed by atoms with E-state index in [0.717, 1.165) is 6.42 Å². The minimum atomic E-state index is -0.870. The average Bonchev–Trinajstić information content (AvgIpc) is 2.29. The molecule has 0 aromatic heterocycles. The first kappa shape index (κ1) is 16.0. The zero-order valence-corrected chi connectivity index (χ0v) is 12.2. The van der Waals surface area contributed by atoms with E-state index in [4.69, 9.17) is 5.11 Å². The smallest absolute Gasteiger partial charge is 0.319 e. The lowest BCUT2D eigenvalue weighted by molar-refractivity contribution is -0.136. The van der Waals surface area contributed by atoms with E-state index in [9.17, 15) is 9.59 Å². The highest BCUT2D eigenvalue weighted by molar-refractivity contribution is 5.89. The standard InChI is InChI=1S/C15H22N2O3/c1-15(2,3)8-9-16-14(20)17-12-6-4-11(5-7-12)10-13(18)19/h4-7H,8-10H2,1-3H3,(H,18,19)(H2,16,17,20). The molecule has 0 fully saturated rings. The van der Waals surface area contributed by atoms with E-state index < -0.39 is 5.97 Å². The first-order chi connectivity index (χ1) is 9.26. The SMILES string of the molecule is CC(C)(C)CCNC(=O)Nc1ccc(CC(=O)O)cc1. The number of hydrogen-bond donors (Lipinski definition) is 3. The molecule has 0 unspecified atom stereocenters. The van der Waals surface area contributed by atoms with Gasteiger partial charge < -0.3 is 15.7 Å². The van der Waals surface area contributed by atoms with Gasteiger partial charge in [-0.25, -0.2) is 4.79 Å². The molecule has 0 aliphatic rings. The van der Waals surface area contributed by atoms with Gasteiger partial charge in [-0.3, -0.25) is 4.79 Å². The van der Waals surface area contributed by atoms with Crippen LogP contribution in [0.2, 0.25) is 0 Å². The number of carboxylic acids is 1. The third-order valence-corrected chi connectivity index (χ3v) is 2.73. The van der Waals surface area contributed by atoms with Crippen LogP contribution in [0.1, 0.15) is 32.8 Å². The number of nitrogens with one attached hydrogen (secondary N) is 2. The van der Waals surface area contributed by atoms with Crippen molar-refractivity contribution in [3.63, 3.8) is 0 Å². The molecule has 0 spiro atoms. The van der Waals surface area contributed by atoms with Crippen molar-refractivity contribution in [1.29, 1.82) is 0 Å². The monoisotopic (exact) mass is 278 g/mol. The lowest BCUT2D eigenvalue weighted by Crippen LogP contribution is -2.31. The number of amides is 2. The number of aliphatic carboxylic acids is 1. The molecule has 0 heterocycles. The van der Waals surface area contributed by atoms with Gasteiger partial charge in [-0.05, 0) is 29.5 Å². The quantitative estimate of drug-likeness (QED) is 0.775. The van der Waals surface area contributed by atoms with Crippen LogP contribution in [0.25, 0.3) is 0 Å². The highest BCUT2D eigenvalue weighted by Crippen LogP contribution is 2.17. The number of rotatable bonds is 5. The summed E-state index contributed by atoms with van der Waals surface area (Å²) in [6, 6.07) is 6.53. The second kappa shape index (κ2) is 6.93. The van der Waals surface area contributed by atoms with E-state index in [2.05, 4.69) is 31.4 Å². The number of carbonyl (C=O) groups excluding carboxylic acids is 1. The van der Waals surface area contributed by atoms with Crippen molar-refractivity contribution in [1.82, 2.24) is 5.32 Å². The van der Waals surface area contributed by atoms with Gasteiger partial charge in [0.15, 0.2) is 0 Å². The van der Waals surface area contributed by atoms with E-state index in [1.165, 1.54) is 0 Å². The molecule has 5 heteroatoms. The van der Waals surface area contributed by atoms with E-state index in [-0.39, 0.29) is 17.9 Å². The predicted octanol–water partition coefficient (Wildman–Crippen LogP) is 2.87. The van der Waals surface area contributed by atoms with Crippen molar-refractivity contribution in [3.05, 3.63) is 29.8 Å². The van der Waals surface area contributed by atoms with Crippen LogP contribution in [0.3, 0.4) is 0 Å². The lowest BCUT2D eigenvalue weighted by atomic mass is 9.92. The second-order valence-corrected chi connectivity index (χ2v) is 5.96. The number of benzene rings is 1. The number of anilines is 1. The number of carbonyl (C=O) groups is 2. The maximum Gasteiger partial charge on any atom is 0.319 e. The van der Waals surface area contributed by atoms with Crippen LogP contribution < -0.4 is 10.6 Å². The molecule has 0 aliphatic heterocycles. The molecule has 0 bridgehead atoms. The summed E-state index contributed by atoms with van der Waals surface area (Å²) in [6.45, 7) is 6.97. The molecule has 3 N–H and O–H groups in total. The molecular formula is C15H22N2O3. The van der Waals surface area contributed by atoms with Crippen LogP contribution in [0.5, 0.6) is 0 Å². The molecule has 0 aliphatic carbocycles. The zero-order valence-electron chi connectivity index (χ0n) is 12.2. The summed E-state index contributed by atoms with van der Waals surface area (Å²) in [5.41, 5.74) is 1.54.